The first-order chi connectivity index (χ1) is 8.00. The van der Waals surface area contributed by atoms with Gasteiger partial charge < -0.3 is 5.11 Å². The molecule has 1 rings (SSSR count). The molecular formula is C17H26O. The summed E-state index contributed by atoms with van der Waals surface area (Å²) in [7, 11) is 0. The van der Waals surface area contributed by atoms with Crippen LogP contribution in [0.3, 0.4) is 0 Å². The van der Waals surface area contributed by atoms with Gasteiger partial charge in [-0.1, -0.05) is 52.0 Å². The zero-order chi connectivity index (χ0) is 14.3. The Bertz CT molecular complexity index is 466. The third-order valence-electron chi connectivity index (χ3n) is 4.24. The second-order valence-corrected chi connectivity index (χ2v) is 6.61. The highest BCUT2D eigenvalue weighted by Crippen LogP contribution is 2.52. The summed E-state index contributed by atoms with van der Waals surface area (Å²) in [5.41, 5.74) is 4.59. The molecule has 18 heavy (non-hydrogen) atoms. The molecule has 0 radical (unpaired) electrons. The fraction of sp³-hybridized carbons (Fsp3) is 0.529. The largest absolute Gasteiger partial charge is 0.508 e. The Hall–Kier alpha value is -1.24. The summed E-state index contributed by atoms with van der Waals surface area (Å²) in [6.45, 7) is 18.8. The van der Waals surface area contributed by atoms with Gasteiger partial charge in [0.05, 0.1) is 0 Å². The highest BCUT2D eigenvalue weighted by molar-refractivity contribution is 5.53. The van der Waals surface area contributed by atoms with Crippen molar-refractivity contribution in [3.05, 3.63) is 46.8 Å². The molecule has 0 aromatic rings. The van der Waals surface area contributed by atoms with Crippen LogP contribution in [0.4, 0.5) is 0 Å². The molecule has 0 amide bonds. The van der Waals surface area contributed by atoms with Gasteiger partial charge in [-0.15, -0.1) is 0 Å². The molecule has 0 heterocycles. The van der Waals surface area contributed by atoms with E-state index in [1.807, 2.05) is 6.92 Å². The van der Waals surface area contributed by atoms with Gasteiger partial charge in [-0.25, -0.2) is 0 Å². The molecule has 1 heteroatoms. The van der Waals surface area contributed by atoms with Gasteiger partial charge >= 0.3 is 0 Å². The topological polar surface area (TPSA) is 20.2 Å². The number of hydrogen-bond donors (Lipinski definition) is 1. The van der Waals surface area contributed by atoms with Gasteiger partial charge in [0.2, 0.25) is 0 Å². The van der Waals surface area contributed by atoms with Gasteiger partial charge in [0, 0.05) is 5.41 Å². The summed E-state index contributed by atoms with van der Waals surface area (Å²) < 4.78 is 0. The predicted molar refractivity (Wildman–Crippen MR) is 79.5 cm³/mol. The second kappa shape index (κ2) is 4.46. The molecule has 1 nitrogen and oxygen atoms in total. The van der Waals surface area contributed by atoms with Crippen molar-refractivity contribution in [2.75, 3.05) is 0 Å². The normalized spacial score (nSPS) is 27.5. The molecule has 1 aliphatic rings. The Balaban J connectivity index is 3.62. The molecule has 100 valence electrons. The average Bonchev–Trinajstić information content (AvgIpc) is 2.13. The lowest BCUT2D eigenvalue weighted by Gasteiger charge is -2.45. The van der Waals surface area contributed by atoms with Gasteiger partial charge in [-0.3, -0.25) is 0 Å². The third kappa shape index (κ3) is 2.31. The van der Waals surface area contributed by atoms with E-state index in [1.54, 1.807) is 0 Å². The van der Waals surface area contributed by atoms with E-state index in [0.29, 0.717) is 0 Å². The lowest BCUT2D eigenvalue weighted by Crippen LogP contribution is -2.35. The first kappa shape index (κ1) is 14.8. The number of aliphatic hydroxyl groups is 1. The van der Waals surface area contributed by atoms with Crippen molar-refractivity contribution in [2.24, 2.45) is 10.8 Å². The van der Waals surface area contributed by atoms with E-state index in [1.165, 1.54) is 16.7 Å². The minimum atomic E-state index is -0.0916. The van der Waals surface area contributed by atoms with Crippen LogP contribution in [0.2, 0.25) is 0 Å². The Morgan fingerprint density at radius 2 is 1.78 bits per heavy atom. The zero-order valence-corrected chi connectivity index (χ0v) is 12.8. The van der Waals surface area contributed by atoms with Crippen molar-refractivity contribution in [2.45, 2.75) is 48.5 Å². The first-order valence-corrected chi connectivity index (χ1v) is 6.48. The van der Waals surface area contributed by atoms with Crippen molar-refractivity contribution in [3.8, 4) is 0 Å². The molecule has 0 bridgehead atoms. The summed E-state index contributed by atoms with van der Waals surface area (Å²) in [6, 6.07) is 0. The average molecular weight is 246 g/mol. The highest BCUT2D eigenvalue weighted by atomic mass is 16.3. The second-order valence-electron chi connectivity index (χ2n) is 6.61. The Morgan fingerprint density at radius 3 is 2.17 bits per heavy atom. The number of aliphatic hydroxyl groups excluding tert-OH is 1. The molecule has 1 aliphatic carbocycles. The van der Waals surface area contributed by atoms with E-state index in [0.717, 1.165) is 5.57 Å². The molecule has 1 unspecified atom stereocenters. The maximum absolute atomic E-state index is 9.75. The van der Waals surface area contributed by atoms with Gasteiger partial charge in [0.25, 0.3) is 0 Å². The van der Waals surface area contributed by atoms with Crippen molar-refractivity contribution >= 4 is 0 Å². The maximum Gasteiger partial charge on any atom is 0.111 e. The van der Waals surface area contributed by atoms with Crippen molar-refractivity contribution in [1.29, 1.82) is 0 Å². The number of hydrogen-bond acceptors (Lipinski definition) is 1. The van der Waals surface area contributed by atoms with Crippen LogP contribution in [0.1, 0.15) is 48.5 Å². The maximum atomic E-state index is 9.75. The van der Waals surface area contributed by atoms with Gasteiger partial charge in [0.15, 0.2) is 0 Å². The number of allylic oxidation sites excluding steroid dienone is 6. The minimum absolute atomic E-state index is 0.0792. The van der Waals surface area contributed by atoms with Crippen LogP contribution in [-0.4, -0.2) is 5.11 Å². The molecule has 0 saturated heterocycles. The molecule has 0 aliphatic heterocycles. The lowest BCUT2D eigenvalue weighted by molar-refractivity contribution is 0.210. The molecular weight excluding hydrogens is 220 g/mol. The summed E-state index contributed by atoms with van der Waals surface area (Å²) in [5, 5.41) is 9.75. The molecule has 0 saturated carbocycles. The summed E-state index contributed by atoms with van der Waals surface area (Å²) in [5.74, 6) is 0.168. The molecule has 0 fully saturated rings. The van der Waals surface area contributed by atoms with Crippen LogP contribution < -0.4 is 0 Å². The Morgan fingerprint density at radius 1 is 1.28 bits per heavy atom. The van der Waals surface area contributed by atoms with Crippen LogP contribution in [0, 0.1) is 10.8 Å². The Kier molecular flexibility index (Phi) is 3.67. The summed E-state index contributed by atoms with van der Waals surface area (Å²) in [4.78, 5) is 0. The molecule has 0 aromatic carbocycles. The standard InChI is InChI=1S/C17H26O/c1-11-9-12(2)15(13(3)14(4)18)17(8,10-11)16(5,6)7/h9-10,18H,4H2,1-3,5-8H3/b15-13-. The van der Waals surface area contributed by atoms with E-state index in [9.17, 15) is 5.11 Å². The quantitative estimate of drug-likeness (QED) is 0.620. The molecule has 1 N–H and O–H groups in total. The van der Waals surface area contributed by atoms with Crippen LogP contribution >= 0.6 is 0 Å². The van der Waals surface area contributed by atoms with E-state index in [2.05, 4.69) is 60.3 Å². The number of rotatable bonds is 1. The Labute approximate surface area is 112 Å². The fourth-order valence-electron chi connectivity index (χ4n) is 2.81. The highest BCUT2D eigenvalue weighted by Gasteiger charge is 2.42. The zero-order valence-electron chi connectivity index (χ0n) is 12.8. The van der Waals surface area contributed by atoms with Crippen LogP contribution in [-0.2, 0) is 0 Å². The minimum Gasteiger partial charge on any atom is -0.508 e. The van der Waals surface area contributed by atoms with Crippen LogP contribution in [0.5, 0.6) is 0 Å². The molecule has 0 aromatic heterocycles. The monoisotopic (exact) mass is 246 g/mol. The SMILES string of the molecule is C=C(O)/C(C)=C1/C(C)=CC(C)=CC1(C)C(C)(C)C. The van der Waals surface area contributed by atoms with Gasteiger partial charge in [-0.05, 0) is 42.9 Å². The molecule has 0 spiro atoms. The predicted octanol–water partition coefficient (Wildman–Crippen LogP) is 5.33. The first-order valence-electron chi connectivity index (χ1n) is 6.48. The van der Waals surface area contributed by atoms with Crippen LogP contribution in [0.25, 0.3) is 0 Å². The van der Waals surface area contributed by atoms with Gasteiger partial charge in [0.1, 0.15) is 5.76 Å². The third-order valence-corrected chi connectivity index (χ3v) is 4.24. The van der Waals surface area contributed by atoms with Crippen molar-refractivity contribution in [1.82, 2.24) is 0 Å². The van der Waals surface area contributed by atoms with E-state index < -0.39 is 0 Å². The van der Waals surface area contributed by atoms with E-state index in [-0.39, 0.29) is 16.6 Å². The van der Waals surface area contributed by atoms with E-state index >= 15 is 0 Å². The lowest BCUT2D eigenvalue weighted by atomic mass is 9.59. The summed E-state index contributed by atoms with van der Waals surface area (Å²) >= 11 is 0. The smallest absolute Gasteiger partial charge is 0.111 e. The van der Waals surface area contributed by atoms with Gasteiger partial charge in [-0.2, -0.15) is 0 Å². The summed E-state index contributed by atoms with van der Waals surface area (Å²) in [6.07, 6.45) is 4.48. The van der Waals surface area contributed by atoms with Crippen LogP contribution in [0.15, 0.2) is 46.8 Å². The fourth-order valence-corrected chi connectivity index (χ4v) is 2.81. The van der Waals surface area contributed by atoms with Crippen molar-refractivity contribution < 1.29 is 5.11 Å². The van der Waals surface area contributed by atoms with Crippen molar-refractivity contribution in [3.63, 3.8) is 0 Å². The van der Waals surface area contributed by atoms with E-state index in [4.69, 9.17) is 0 Å². The molecule has 1 atom stereocenters.